The highest BCUT2D eigenvalue weighted by molar-refractivity contribution is 8.16. The van der Waals surface area contributed by atoms with Gasteiger partial charge in [-0.3, -0.25) is 4.79 Å². The number of carbonyl (C=O) groups is 2. The number of hydrogen-bond donors (Lipinski definition) is 1. The average molecular weight is 500 g/mol. The van der Waals surface area contributed by atoms with E-state index in [-0.39, 0.29) is 12.3 Å². The fourth-order valence-electron chi connectivity index (χ4n) is 4.11. The molecule has 1 aliphatic carbocycles. The third-order valence-corrected chi connectivity index (χ3v) is 6.86. The van der Waals surface area contributed by atoms with Crippen LogP contribution in [0, 0.1) is 5.92 Å². The van der Waals surface area contributed by atoms with E-state index in [2.05, 4.69) is 5.32 Å². The molecule has 0 spiro atoms. The third kappa shape index (κ3) is 5.66. The molecule has 1 amide bonds. The molecule has 188 valence electrons. The number of rotatable bonds is 8. The number of amidine groups is 1. The van der Waals surface area contributed by atoms with Gasteiger partial charge in [0.1, 0.15) is 5.60 Å². The van der Waals surface area contributed by atoms with E-state index >= 15 is 0 Å². The number of hydrogen-bond acceptors (Lipinski definition) is 8. The van der Waals surface area contributed by atoms with E-state index in [0.717, 1.165) is 16.4 Å². The van der Waals surface area contributed by atoms with Crippen LogP contribution in [-0.2, 0) is 14.3 Å². The molecule has 2 aliphatic heterocycles. The van der Waals surface area contributed by atoms with Crippen LogP contribution in [-0.4, -0.2) is 48.3 Å². The van der Waals surface area contributed by atoms with Crippen LogP contribution in [0.25, 0.3) is 0 Å². The molecule has 1 fully saturated rings. The van der Waals surface area contributed by atoms with Crippen molar-refractivity contribution in [1.82, 2.24) is 10.2 Å². The number of allylic oxidation sites excluding steroid dienone is 1. The van der Waals surface area contributed by atoms with Crippen LogP contribution in [0.1, 0.15) is 58.6 Å². The SMILES string of the molecule is COc1ccc(C2C(C(=O)OC(C)(C)C)=C(C)N=C3SC=C(CC(=O)NCC4CC4)N32)cc1OC. The Morgan fingerprint density at radius 1 is 1.17 bits per heavy atom. The van der Waals surface area contributed by atoms with Gasteiger partial charge < -0.3 is 24.4 Å². The normalized spacial score (nSPS) is 19.6. The Morgan fingerprint density at radius 3 is 2.51 bits per heavy atom. The van der Waals surface area contributed by atoms with Crippen LogP contribution in [0.15, 0.2) is 45.6 Å². The lowest BCUT2D eigenvalue weighted by atomic mass is 9.93. The lowest BCUT2D eigenvalue weighted by molar-refractivity contribution is -0.150. The number of thioether (sulfide) groups is 1. The molecule has 1 N–H and O–H groups in total. The summed E-state index contributed by atoms with van der Waals surface area (Å²) >= 11 is 1.45. The summed E-state index contributed by atoms with van der Waals surface area (Å²) in [7, 11) is 3.16. The molecule has 1 atom stereocenters. The molecule has 2 heterocycles. The first-order valence-corrected chi connectivity index (χ1v) is 12.7. The molecule has 1 aromatic carbocycles. The Kier molecular flexibility index (Phi) is 7.17. The quantitative estimate of drug-likeness (QED) is 0.526. The molecule has 8 nitrogen and oxygen atoms in total. The van der Waals surface area contributed by atoms with Crippen molar-refractivity contribution in [3.8, 4) is 11.5 Å². The molecular formula is C26H33N3O5S. The maximum Gasteiger partial charge on any atom is 0.338 e. The number of amides is 1. The summed E-state index contributed by atoms with van der Waals surface area (Å²) < 4.78 is 16.7. The predicted molar refractivity (Wildman–Crippen MR) is 136 cm³/mol. The summed E-state index contributed by atoms with van der Waals surface area (Å²) in [5.41, 5.74) is 1.95. The van der Waals surface area contributed by atoms with E-state index in [1.165, 1.54) is 24.6 Å². The zero-order valence-electron chi connectivity index (χ0n) is 21.1. The molecule has 0 aromatic heterocycles. The number of benzene rings is 1. The fourth-order valence-corrected chi connectivity index (χ4v) is 5.07. The molecule has 3 aliphatic rings. The molecule has 4 rings (SSSR count). The average Bonchev–Trinajstić information content (AvgIpc) is 3.55. The molecule has 1 saturated carbocycles. The minimum atomic E-state index is -0.669. The summed E-state index contributed by atoms with van der Waals surface area (Å²) in [4.78, 5) is 32.9. The van der Waals surface area contributed by atoms with Crippen molar-refractivity contribution in [2.45, 2.75) is 58.6 Å². The summed E-state index contributed by atoms with van der Waals surface area (Å²) in [5.74, 6) is 1.26. The van der Waals surface area contributed by atoms with Gasteiger partial charge in [0.25, 0.3) is 0 Å². The van der Waals surface area contributed by atoms with Crippen molar-refractivity contribution < 1.29 is 23.8 Å². The number of nitrogens with one attached hydrogen (secondary N) is 1. The maximum atomic E-state index is 13.4. The standard InChI is InChI=1S/C26H33N3O5S/c1-15-22(24(31)34-26(2,3)4)23(17-9-10-19(32-5)20(11-17)33-6)29-18(14-35-25(29)28-15)12-21(30)27-13-16-7-8-16/h9-11,14,16,23H,7-8,12-13H2,1-6H3,(H,27,30). The van der Waals surface area contributed by atoms with Crippen LogP contribution >= 0.6 is 11.8 Å². The van der Waals surface area contributed by atoms with Crippen molar-refractivity contribution in [3.63, 3.8) is 0 Å². The summed E-state index contributed by atoms with van der Waals surface area (Å²) in [5, 5.41) is 5.69. The Hall–Kier alpha value is -2.94. The second-order valence-corrected chi connectivity index (χ2v) is 10.8. The Balaban J connectivity index is 1.72. The zero-order valence-corrected chi connectivity index (χ0v) is 22.0. The number of nitrogens with zero attached hydrogens (tertiary/aromatic N) is 2. The molecule has 0 radical (unpaired) electrons. The fraction of sp³-hybridized carbons (Fsp3) is 0.500. The third-order valence-electron chi connectivity index (χ3n) is 5.97. The van der Waals surface area contributed by atoms with Gasteiger partial charge in [-0.15, -0.1) is 0 Å². The largest absolute Gasteiger partial charge is 0.493 e. The van der Waals surface area contributed by atoms with Crippen molar-refractivity contribution >= 4 is 28.8 Å². The predicted octanol–water partition coefficient (Wildman–Crippen LogP) is 4.54. The Labute approximate surface area is 210 Å². The highest BCUT2D eigenvalue weighted by Crippen LogP contribution is 2.46. The topological polar surface area (TPSA) is 89.5 Å². The van der Waals surface area contributed by atoms with Crippen molar-refractivity contribution in [2.75, 3.05) is 20.8 Å². The van der Waals surface area contributed by atoms with E-state index in [1.54, 1.807) is 14.2 Å². The Morgan fingerprint density at radius 2 is 1.89 bits per heavy atom. The van der Waals surface area contributed by atoms with Gasteiger partial charge in [0, 0.05) is 12.2 Å². The Bertz CT molecular complexity index is 1110. The van der Waals surface area contributed by atoms with E-state index in [9.17, 15) is 9.59 Å². The monoisotopic (exact) mass is 499 g/mol. The van der Waals surface area contributed by atoms with Crippen LogP contribution in [0.3, 0.4) is 0 Å². The second-order valence-electron chi connectivity index (χ2n) is 9.93. The van der Waals surface area contributed by atoms with E-state index < -0.39 is 17.6 Å². The van der Waals surface area contributed by atoms with Crippen LogP contribution in [0.4, 0.5) is 0 Å². The van der Waals surface area contributed by atoms with E-state index in [1.807, 2.05) is 56.2 Å². The van der Waals surface area contributed by atoms with Gasteiger partial charge in [-0.1, -0.05) is 17.8 Å². The first-order valence-electron chi connectivity index (χ1n) is 11.8. The molecule has 1 unspecified atom stereocenters. The van der Waals surface area contributed by atoms with Gasteiger partial charge in [0.15, 0.2) is 16.7 Å². The second kappa shape index (κ2) is 9.97. The molecule has 0 saturated heterocycles. The minimum absolute atomic E-state index is 0.0406. The number of ether oxygens (including phenoxy) is 3. The first kappa shape index (κ1) is 25.2. The molecule has 35 heavy (non-hydrogen) atoms. The summed E-state index contributed by atoms with van der Waals surface area (Å²) in [6.07, 6.45) is 2.54. The zero-order chi connectivity index (χ0) is 25.3. The number of fused-ring (bicyclic) bond motifs is 1. The van der Waals surface area contributed by atoms with Crippen molar-refractivity contribution in [3.05, 3.63) is 46.1 Å². The van der Waals surface area contributed by atoms with E-state index in [0.29, 0.717) is 35.2 Å². The molecule has 1 aromatic rings. The highest BCUT2D eigenvalue weighted by Gasteiger charge is 2.42. The smallest absolute Gasteiger partial charge is 0.338 e. The van der Waals surface area contributed by atoms with Crippen LogP contribution < -0.4 is 14.8 Å². The van der Waals surface area contributed by atoms with Crippen molar-refractivity contribution in [1.29, 1.82) is 0 Å². The summed E-state index contributed by atoms with van der Waals surface area (Å²) in [6, 6.07) is 5.05. The minimum Gasteiger partial charge on any atom is -0.493 e. The van der Waals surface area contributed by atoms with E-state index in [4.69, 9.17) is 19.2 Å². The van der Waals surface area contributed by atoms with Crippen molar-refractivity contribution in [2.24, 2.45) is 10.9 Å². The van der Waals surface area contributed by atoms with Gasteiger partial charge in [0.05, 0.1) is 38.0 Å². The lowest BCUT2D eigenvalue weighted by Gasteiger charge is -2.37. The maximum absolute atomic E-state index is 13.4. The van der Waals surface area contributed by atoms with Gasteiger partial charge >= 0.3 is 5.97 Å². The number of esters is 1. The number of methoxy groups -OCH3 is 2. The highest BCUT2D eigenvalue weighted by atomic mass is 32.2. The van der Waals surface area contributed by atoms with Gasteiger partial charge in [-0.2, -0.15) is 0 Å². The number of aliphatic imine (C=N–C) groups is 1. The summed E-state index contributed by atoms with van der Waals surface area (Å²) in [6.45, 7) is 8.04. The lowest BCUT2D eigenvalue weighted by Crippen LogP contribution is -2.39. The molecule has 9 heteroatoms. The van der Waals surface area contributed by atoms with Gasteiger partial charge in [0.2, 0.25) is 5.91 Å². The van der Waals surface area contributed by atoms with Gasteiger partial charge in [-0.05, 0) is 69.6 Å². The molecule has 0 bridgehead atoms. The number of carbonyl (C=O) groups excluding carboxylic acids is 2. The van der Waals surface area contributed by atoms with Crippen LogP contribution in [0.5, 0.6) is 11.5 Å². The van der Waals surface area contributed by atoms with Gasteiger partial charge in [-0.25, -0.2) is 9.79 Å². The molecular weight excluding hydrogens is 466 g/mol. The first-order chi connectivity index (χ1) is 16.6. The van der Waals surface area contributed by atoms with Crippen LogP contribution in [0.2, 0.25) is 0 Å².